The number of carbonyl (C=O) groups excluding carboxylic acids is 1. The number of rotatable bonds is 4. The summed E-state index contributed by atoms with van der Waals surface area (Å²) in [6.07, 6.45) is 1.53. The lowest BCUT2D eigenvalue weighted by Crippen LogP contribution is -2.08. The number of ketones is 1. The number of nitriles is 1. The van der Waals surface area contributed by atoms with Crippen molar-refractivity contribution in [2.24, 2.45) is 0 Å². The van der Waals surface area contributed by atoms with Crippen molar-refractivity contribution in [3.63, 3.8) is 0 Å². The van der Waals surface area contributed by atoms with Crippen LogP contribution in [0.5, 0.6) is 0 Å². The molecule has 0 atom stereocenters. The first-order chi connectivity index (χ1) is 10.0. The Hall–Kier alpha value is -2.09. The predicted molar refractivity (Wildman–Crippen MR) is 88.0 cm³/mol. The molecule has 0 aliphatic rings. The molecule has 106 valence electrons. The fourth-order valence-electron chi connectivity index (χ4n) is 1.76. The van der Waals surface area contributed by atoms with Crippen molar-refractivity contribution in [2.45, 2.75) is 0 Å². The average Bonchev–Trinajstić information content (AvgIpc) is 2.99. The van der Waals surface area contributed by atoms with Crippen LogP contribution in [-0.4, -0.2) is 19.9 Å². The van der Waals surface area contributed by atoms with Gasteiger partial charge in [-0.2, -0.15) is 5.26 Å². The van der Waals surface area contributed by atoms with Gasteiger partial charge in [0.05, 0.1) is 4.88 Å². The summed E-state index contributed by atoms with van der Waals surface area (Å²) in [6, 6.07) is 10.9. The Labute approximate surface area is 132 Å². The smallest absolute Gasteiger partial charge is 0.213 e. The van der Waals surface area contributed by atoms with Crippen molar-refractivity contribution >= 4 is 40.5 Å². The van der Waals surface area contributed by atoms with Crippen molar-refractivity contribution in [2.75, 3.05) is 19.0 Å². The zero-order valence-electron chi connectivity index (χ0n) is 11.6. The number of anilines is 1. The van der Waals surface area contributed by atoms with Gasteiger partial charge in [0.1, 0.15) is 11.6 Å². The highest BCUT2D eigenvalue weighted by molar-refractivity contribution is 7.12. The molecule has 1 aromatic carbocycles. The number of allylic oxidation sites excluding steroid dienone is 1. The molecular weight excluding hydrogens is 304 g/mol. The van der Waals surface area contributed by atoms with E-state index in [1.807, 2.05) is 31.1 Å². The van der Waals surface area contributed by atoms with E-state index < -0.39 is 0 Å². The number of Topliss-reactive ketones (excluding diaryl/α,β-unsaturated/α-hetero) is 1. The highest BCUT2D eigenvalue weighted by Crippen LogP contribution is 2.25. The van der Waals surface area contributed by atoms with E-state index in [0.717, 1.165) is 5.69 Å². The third-order valence-electron chi connectivity index (χ3n) is 2.91. The third kappa shape index (κ3) is 3.52. The molecule has 1 heterocycles. The van der Waals surface area contributed by atoms with E-state index in [-0.39, 0.29) is 11.4 Å². The van der Waals surface area contributed by atoms with Crippen molar-refractivity contribution < 1.29 is 4.79 Å². The zero-order chi connectivity index (χ0) is 15.4. The van der Waals surface area contributed by atoms with E-state index >= 15 is 0 Å². The van der Waals surface area contributed by atoms with Gasteiger partial charge in [-0.15, -0.1) is 11.3 Å². The van der Waals surface area contributed by atoms with E-state index in [2.05, 4.69) is 0 Å². The molecule has 0 aliphatic carbocycles. The van der Waals surface area contributed by atoms with Gasteiger partial charge in [-0.1, -0.05) is 23.7 Å². The van der Waals surface area contributed by atoms with Crippen molar-refractivity contribution in [3.8, 4) is 6.07 Å². The Bertz CT molecular complexity index is 727. The van der Waals surface area contributed by atoms with E-state index in [0.29, 0.717) is 15.5 Å². The van der Waals surface area contributed by atoms with Crippen LogP contribution in [0, 0.1) is 11.3 Å². The van der Waals surface area contributed by atoms with Crippen molar-refractivity contribution in [1.29, 1.82) is 5.26 Å². The quantitative estimate of drug-likeness (QED) is 0.481. The second-order valence-electron chi connectivity index (χ2n) is 4.58. The van der Waals surface area contributed by atoms with Gasteiger partial charge in [0.25, 0.3) is 0 Å². The lowest BCUT2D eigenvalue weighted by atomic mass is 10.1. The summed E-state index contributed by atoms with van der Waals surface area (Å²) >= 11 is 7.53. The molecule has 2 rings (SSSR count). The molecule has 0 aliphatic heterocycles. The monoisotopic (exact) mass is 316 g/mol. The largest absolute Gasteiger partial charge is 0.378 e. The second kappa shape index (κ2) is 6.57. The average molecular weight is 317 g/mol. The first-order valence-corrected chi connectivity index (χ1v) is 7.45. The minimum absolute atomic E-state index is 0.0805. The number of hydrogen-bond acceptors (Lipinski definition) is 4. The molecule has 1 aromatic heterocycles. The zero-order valence-corrected chi connectivity index (χ0v) is 13.2. The molecular formula is C16H13ClN2OS. The molecule has 0 unspecified atom stereocenters. The number of halogens is 1. The molecule has 0 saturated heterocycles. The maximum Gasteiger partial charge on any atom is 0.213 e. The molecule has 2 aromatic rings. The van der Waals surface area contributed by atoms with Crippen LogP contribution in [0.4, 0.5) is 5.69 Å². The molecule has 21 heavy (non-hydrogen) atoms. The number of carbonyl (C=O) groups is 1. The van der Waals surface area contributed by atoms with Gasteiger partial charge in [0, 0.05) is 24.8 Å². The molecule has 5 heteroatoms. The van der Waals surface area contributed by atoms with Crippen LogP contribution in [0.25, 0.3) is 6.08 Å². The number of hydrogen-bond donors (Lipinski definition) is 0. The minimum Gasteiger partial charge on any atom is -0.378 e. The van der Waals surface area contributed by atoms with Gasteiger partial charge >= 0.3 is 0 Å². The lowest BCUT2D eigenvalue weighted by Gasteiger charge is -2.13. The third-order valence-corrected chi connectivity index (χ3v) is 4.11. The van der Waals surface area contributed by atoms with Crippen LogP contribution in [0.15, 0.2) is 41.3 Å². The van der Waals surface area contributed by atoms with E-state index in [1.54, 1.807) is 29.6 Å². The number of benzene rings is 1. The SMILES string of the molecule is CN(C)c1ccc(/C=C(/C#N)C(=O)c2cccs2)c(Cl)c1. The summed E-state index contributed by atoms with van der Waals surface area (Å²) in [5.41, 5.74) is 1.70. The van der Waals surface area contributed by atoms with Gasteiger partial charge in [0.2, 0.25) is 5.78 Å². The summed E-state index contributed by atoms with van der Waals surface area (Å²) < 4.78 is 0. The molecule has 0 spiro atoms. The van der Waals surface area contributed by atoms with Gasteiger partial charge in [-0.25, -0.2) is 0 Å². The fourth-order valence-corrected chi connectivity index (χ4v) is 2.66. The predicted octanol–water partition coefficient (Wildman–Crippen LogP) is 4.26. The highest BCUT2D eigenvalue weighted by atomic mass is 35.5. The van der Waals surface area contributed by atoms with E-state index in [1.165, 1.54) is 17.4 Å². The van der Waals surface area contributed by atoms with Crippen LogP contribution < -0.4 is 4.90 Å². The Kier molecular flexibility index (Phi) is 4.79. The number of nitrogens with zero attached hydrogens (tertiary/aromatic N) is 2. The van der Waals surface area contributed by atoms with Gasteiger partial charge in [-0.3, -0.25) is 4.79 Å². The Morgan fingerprint density at radius 3 is 2.67 bits per heavy atom. The van der Waals surface area contributed by atoms with Crippen molar-refractivity contribution in [3.05, 3.63) is 56.7 Å². The maximum absolute atomic E-state index is 12.2. The molecule has 0 fully saturated rings. The summed E-state index contributed by atoms with van der Waals surface area (Å²) in [5.74, 6) is -0.278. The first-order valence-electron chi connectivity index (χ1n) is 6.20. The normalized spacial score (nSPS) is 11.0. The first kappa shape index (κ1) is 15.3. The summed E-state index contributed by atoms with van der Waals surface area (Å²) in [6.45, 7) is 0. The summed E-state index contributed by atoms with van der Waals surface area (Å²) in [7, 11) is 3.84. The van der Waals surface area contributed by atoms with E-state index in [4.69, 9.17) is 11.6 Å². The van der Waals surface area contributed by atoms with Gasteiger partial charge in [-0.05, 0) is 35.2 Å². The van der Waals surface area contributed by atoms with E-state index in [9.17, 15) is 10.1 Å². The van der Waals surface area contributed by atoms with Gasteiger partial charge in [0.15, 0.2) is 0 Å². The second-order valence-corrected chi connectivity index (χ2v) is 5.93. The highest BCUT2D eigenvalue weighted by Gasteiger charge is 2.13. The number of thiophene rings is 1. The van der Waals surface area contributed by atoms with Gasteiger partial charge < -0.3 is 4.90 Å². The maximum atomic E-state index is 12.2. The molecule has 0 amide bonds. The molecule has 3 nitrogen and oxygen atoms in total. The van der Waals surface area contributed by atoms with Crippen LogP contribution in [0.1, 0.15) is 15.2 Å². The molecule has 0 bridgehead atoms. The summed E-state index contributed by atoms with van der Waals surface area (Å²) in [4.78, 5) is 14.7. The molecule has 0 radical (unpaired) electrons. The molecule has 0 N–H and O–H groups in total. The van der Waals surface area contributed by atoms with Crippen LogP contribution in [-0.2, 0) is 0 Å². The van der Waals surface area contributed by atoms with Crippen LogP contribution in [0.2, 0.25) is 5.02 Å². The Morgan fingerprint density at radius 2 is 2.14 bits per heavy atom. The fraction of sp³-hybridized carbons (Fsp3) is 0.125. The summed E-state index contributed by atoms with van der Waals surface area (Å²) in [5, 5.41) is 11.5. The topological polar surface area (TPSA) is 44.1 Å². The Balaban J connectivity index is 2.37. The lowest BCUT2D eigenvalue weighted by molar-refractivity contribution is 0.104. The Morgan fingerprint density at radius 1 is 1.38 bits per heavy atom. The van der Waals surface area contributed by atoms with Crippen LogP contribution >= 0.6 is 22.9 Å². The standard InChI is InChI=1S/C16H13ClN2OS/c1-19(2)13-6-5-11(14(17)9-13)8-12(10-18)16(20)15-4-3-7-21-15/h3-9H,1-2H3/b12-8-. The van der Waals surface area contributed by atoms with Crippen molar-refractivity contribution in [1.82, 2.24) is 0 Å². The minimum atomic E-state index is -0.278. The van der Waals surface area contributed by atoms with Crippen LogP contribution in [0.3, 0.4) is 0 Å². The molecule has 0 saturated carbocycles.